The number of aliphatic hydroxyl groups excluding tert-OH is 1. The number of methoxy groups -OCH3 is 2. The van der Waals surface area contributed by atoms with Crippen LogP contribution in [0.15, 0.2) is 18.2 Å². The molecule has 1 aromatic carbocycles. The Kier molecular flexibility index (Phi) is 4.24. The summed E-state index contributed by atoms with van der Waals surface area (Å²) in [5.74, 6) is 0.284. The number of aliphatic hydroxyl groups is 1. The summed E-state index contributed by atoms with van der Waals surface area (Å²) in [7, 11) is 2.74. The van der Waals surface area contributed by atoms with Crippen LogP contribution in [0.2, 0.25) is 0 Å². The molecule has 0 bridgehead atoms. The predicted octanol–water partition coefficient (Wildman–Crippen LogP) is 0.679. The van der Waals surface area contributed by atoms with Crippen molar-refractivity contribution in [3.63, 3.8) is 0 Å². The fraction of sp³-hybridized carbons (Fsp3) is 0.462. The third-order valence-electron chi connectivity index (χ3n) is 2.83. The van der Waals surface area contributed by atoms with E-state index in [1.54, 1.807) is 18.2 Å². The highest BCUT2D eigenvalue weighted by atomic mass is 16.6. The lowest BCUT2D eigenvalue weighted by Gasteiger charge is -2.27. The van der Waals surface area contributed by atoms with Gasteiger partial charge in [0.05, 0.1) is 27.4 Å². The maximum atomic E-state index is 11.3. The molecule has 0 saturated carbocycles. The van der Waals surface area contributed by atoms with Crippen molar-refractivity contribution in [3.05, 3.63) is 23.8 Å². The third-order valence-corrected chi connectivity index (χ3v) is 2.83. The zero-order valence-electron chi connectivity index (χ0n) is 10.8. The minimum atomic E-state index is -1.34. The number of rotatable bonds is 5. The molecule has 0 aliphatic carbocycles. The molecule has 1 N–H and O–H groups in total. The molecular formula is C13H16O6. The molecule has 1 aromatic rings. The van der Waals surface area contributed by atoms with E-state index in [1.807, 2.05) is 0 Å². The number of carbonyl (C=O) groups excluding carboxylic acids is 1. The maximum absolute atomic E-state index is 11.3. The lowest BCUT2D eigenvalue weighted by Crippen LogP contribution is -2.38. The first kappa shape index (κ1) is 13.6. The van der Waals surface area contributed by atoms with Crippen molar-refractivity contribution in [3.8, 4) is 11.5 Å². The van der Waals surface area contributed by atoms with Gasteiger partial charge in [-0.15, -0.1) is 0 Å². The van der Waals surface area contributed by atoms with Crippen molar-refractivity contribution in [1.29, 1.82) is 0 Å². The van der Waals surface area contributed by atoms with Crippen molar-refractivity contribution in [2.45, 2.75) is 12.2 Å². The van der Waals surface area contributed by atoms with Crippen LogP contribution in [0.1, 0.15) is 11.7 Å². The molecule has 1 aliphatic rings. The average Bonchev–Trinajstić information content (AvgIpc) is 2.40. The third kappa shape index (κ3) is 2.97. The second-order valence-corrected chi connectivity index (χ2v) is 4.11. The highest BCUT2D eigenvalue weighted by molar-refractivity contribution is 5.76. The Balaban J connectivity index is 2.21. The van der Waals surface area contributed by atoms with Gasteiger partial charge in [0.2, 0.25) is 0 Å². The Morgan fingerprint density at radius 3 is 2.63 bits per heavy atom. The topological polar surface area (TPSA) is 74.2 Å². The Morgan fingerprint density at radius 1 is 1.37 bits per heavy atom. The summed E-state index contributed by atoms with van der Waals surface area (Å²) in [5, 5.41) is 9.79. The zero-order chi connectivity index (χ0) is 13.8. The molecule has 1 saturated heterocycles. The summed E-state index contributed by atoms with van der Waals surface area (Å²) in [5.41, 5.74) is 0.392. The van der Waals surface area contributed by atoms with Gasteiger partial charge in [-0.2, -0.15) is 0 Å². The van der Waals surface area contributed by atoms with Gasteiger partial charge in [0.1, 0.15) is 6.10 Å². The number of carbonyl (C=O) groups is 1. The Morgan fingerprint density at radius 2 is 2.11 bits per heavy atom. The van der Waals surface area contributed by atoms with Crippen LogP contribution in [0.25, 0.3) is 0 Å². The average molecular weight is 268 g/mol. The number of hydrogen-bond donors (Lipinski definition) is 1. The van der Waals surface area contributed by atoms with Gasteiger partial charge in [0.15, 0.2) is 17.6 Å². The lowest BCUT2D eigenvalue weighted by molar-refractivity contribution is -0.150. The predicted molar refractivity (Wildman–Crippen MR) is 65.2 cm³/mol. The molecule has 0 aromatic heterocycles. The highest BCUT2D eigenvalue weighted by Crippen LogP contribution is 2.32. The summed E-state index contributed by atoms with van der Waals surface area (Å²) in [6.45, 7) is 1.04. The quantitative estimate of drug-likeness (QED) is 0.792. The van der Waals surface area contributed by atoms with E-state index in [-0.39, 0.29) is 6.10 Å². The van der Waals surface area contributed by atoms with E-state index in [9.17, 15) is 9.90 Å². The molecule has 0 amide bonds. The van der Waals surface area contributed by atoms with Gasteiger partial charge < -0.3 is 24.1 Å². The molecule has 1 aliphatic heterocycles. The summed E-state index contributed by atoms with van der Waals surface area (Å²) in [6.07, 6.45) is -1.37. The van der Waals surface area contributed by atoms with E-state index in [2.05, 4.69) is 4.74 Å². The second kappa shape index (κ2) is 5.90. The monoisotopic (exact) mass is 268 g/mol. The smallest absolute Gasteiger partial charge is 0.339 e. The van der Waals surface area contributed by atoms with Crippen LogP contribution < -0.4 is 9.47 Å². The Bertz CT molecular complexity index is 454. The largest absolute Gasteiger partial charge is 0.493 e. The highest BCUT2D eigenvalue weighted by Gasteiger charge is 2.24. The minimum absolute atomic E-state index is 0.0283. The molecule has 19 heavy (non-hydrogen) atoms. The van der Waals surface area contributed by atoms with Crippen LogP contribution >= 0.6 is 0 Å². The number of benzene rings is 1. The van der Waals surface area contributed by atoms with Gasteiger partial charge in [-0.1, -0.05) is 6.07 Å². The number of ether oxygens (including phenoxy) is 4. The van der Waals surface area contributed by atoms with E-state index >= 15 is 0 Å². The first-order valence-corrected chi connectivity index (χ1v) is 5.84. The van der Waals surface area contributed by atoms with Crippen LogP contribution in [0.5, 0.6) is 11.5 Å². The van der Waals surface area contributed by atoms with Gasteiger partial charge in [-0.05, 0) is 17.7 Å². The summed E-state index contributed by atoms with van der Waals surface area (Å²) < 4.78 is 20.4. The standard InChI is InChI=1S/C13H16O6/c1-16-10-4-3-8(12(14)13(15)17-2)5-11(10)19-9-6-18-7-9/h3-5,9,12,14H,6-7H2,1-2H3. The minimum Gasteiger partial charge on any atom is -0.493 e. The summed E-state index contributed by atoms with van der Waals surface area (Å²) >= 11 is 0. The van der Waals surface area contributed by atoms with Crippen LogP contribution in [0, 0.1) is 0 Å². The molecule has 1 heterocycles. The molecule has 0 radical (unpaired) electrons. The van der Waals surface area contributed by atoms with E-state index in [0.29, 0.717) is 30.3 Å². The Labute approximate surface area is 110 Å². The molecular weight excluding hydrogens is 252 g/mol. The van der Waals surface area contributed by atoms with Crippen molar-refractivity contribution in [2.75, 3.05) is 27.4 Å². The zero-order valence-corrected chi connectivity index (χ0v) is 10.8. The molecule has 1 fully saturated rings. The molecule has 6 heteroatoms. The summed E-state index contributed by atoms with van der Waals surface area (Å²) in [4.78, 5) is 11.3. The Hall–Kier alpha value is -1.79. The SMILES string of the molecule is COC(=O)C(O)c1ccc(OC)c(OC2COC2)c1. The second-order valence-electron chi connectivity index (χ2n) is 4.11. The first-order chi connectivity index (χ1) is 9.15. The lowest BCUT2D eigenvalue weighted by atomic mass is 10.1. The van der Waals surface area contributed by atoms with Crippen molar-refractivity contribution < 1.29 is 28.8 Å². The summed E-state index contributed by atoms with van der Waals surface area (Å²) in [6, 6.07) is 4.79. The molecule has 104 valence electrons. The fourth-order valence-corrected chi connectivity index (χ4v) is 1.66. The van der Waals surface area contributed by atoms with Crippen LogP contribution in [0.3, 0.4) is 0 Å². The van der Waals surface area contributed by atoms with Gasteiger partial charge in [0.25, 0.3) is 0 Å². The van der Waals surface area contributed by atoms with Gasteiger partial charge >= 0.3 is 5.97 Å². The normalized spacial score (nSPS) is 16.4. The van der Waals surface area contributed by atoms with Crippen molar-refractivity contribution >= 4 is 5.97 Å². The first-order valence-electron chi connectivity index (χ1n) is 5.84. The van der Waals surface area contributed by atoms with Gasteiger partial charge in [0, 0.05) is 0 Å². The fourth-order valence-electron chi connectivity index (χ4n) is 1.66. The number of esters is 1. The van der Waals surface area contributed by atoms with Crippen LogP contribution in [-0.2, 0) is 14.3 Å². The van der Waals surface area contributed by atoms with Crippen molar-refractivity contribution in [1.82, 2.24) is 0 Å². The molecule has 2 rings (SSSR count). The van der Waals surface area contributed by atoms with E-state index in [0.717, 1.165) is 0 Å². The van der Waals surface area contributed by atoms with Crippen molar-refractivity contribution in [2.24, 2.45) is 0 Å². The molecule has 6 nitrogen and oxygen atoms in total. The molecule has 0 spiro atoms. The number of hydrogen-bond acceptors (Lipinski definition) is 6. The van der Waals surface area contributed by atoms with E-state index < -0.39 is 12.1 Å². The van der Waals surface area contributed by atoms with E-state index in [4.69, 9.17) is 14.2 Å². The van der Waals surface area contributed by atoms with Gasteiger partial charge in [-0.3, -0.25) is 0 Å². The van der Waals surface area contributed by atoms with Gasteiger partial charge in [-0.25, -0.2) is 4.79 Å². The molecule has 1 unspecified atom stereocenters. The van der Waals surface area contributed by atoms with Crippen LogP contribution in [-0.4, -0.2) is 44.6 Å². The maximum Gasteiger partial charge on any atom is 0.339 e. The van der Waals surface area contributed by atoms with Crippen LogP contribution in [0.4, 0.5) is 0 Å². The molecule has 1 atom stereocenters. The van der Waals surface area contributed by atoms with E-state index in [1.165, 1.54) is 14.2 Å².